The maximum absolute atomic E-state index is 14.8. The van der Waals surface area contributed by atoms with E-state index in [9.17, 15) is 8.78 Å². The zero-order valence-electron chi connectivity index (χ0n) is 20.1. The zero-order valence-corrected chi connectivity index (χ0v) is 20.1. The van der Waals surface area contributed by atoms with Gasteiger partial charge in [0.1, 0.15) is 0 Å². The van der Waals surface area contributed by atoms with E-state index in [2.05, 4.69) is 25.7 Å². The summed E-state index contributed by atoms with van der Waals surface area (Å²) in [6, 6.07) is 3.63. The number of unbranched alkanes of at least 4 members (excludes halogenated alkanes) is 1. The Morgan fingerprint density at radius 3 is 2.03 bits per heavy atom. The van der Waals surface area contributed by atoms with E-state index in [1.165, 1.54) is 51.4 Å². The summed E-state index contributed by atoms with van der Waals surface area (Å²) >= 11 is 0. The second kappa shape index (κ2) is 11.1. The summed E-state index contributed by atoms with van der Waals surface area (Å²) in [5, 5.41) is 0. The molecule has 0 saturated heterocycles. The van der Waals surface area contributed by atoms with Gasteiger partial charge < -0.3 is 0 Å². The van der Waals surface area contributed by atoms with Crippen LogP contribution >= 0.6 is 0 Å². The molecule has 0 nitrogen and oxygen atoms in total. The number of rotatable bonds is 7. The lowest BCUT2D eigenvalue weighted by atomic mass is 9.66. The van der Waals surface area contributed by atoms with Gasteiger partial charge in [-0.25, -0.2) is 8.78 Å². The van der Waals surface area contributed by atoms with E-state index in [0.29, 0.717) is 17.5 Å². The lowest BCUT2D eigenvalue weighted by molar-refractivity contribution is 0.128. The smallest absolute Gasteiger partial charge is 0.166 e. The van der Waals surface area contributed by atoms with Crippen LogP contribution in [0.1, 0.15) is 102 Å². The fourth-order valence-corrected chi connectivity index (χ4v) is 6.86. The van der Waals surface area contributed by atoms with Crippen molar-refractivity contribution in [2.75, 3.05) is 0 Å². The fraction of sp³-hybridized carbons (Fsp3) is 0.667. The van der Waals surface area contributed by atoms with Gasteiger partial charge in [0.15, 0.2) is 11.6 Å². The van der Waals surface area contributed by atoms with Gasteiger partial charge >= 0.3 is 0 Å². The molecule has 1 aromatic carbocycles. The average molecular weight is 441 g/mol. The first-order chi connectivity index (χ1) is 15.6. The van der Waals surface area contributed by atoms with Crippen molar-refractivity contribution >= 4 is 5.57 Å². The second-order valence-corrected chi connectivity index (χ2v) is 10.9. The zero-order chi connectivity index (χ0) is 22.5. The Hall–Kier alpha value is -1.44. The summed E-state index contributed by atoms with van der Waals surface area (Å²) < 4.78 is 29.3. The molecule has 2 fully saturated rings. The molecule has 1 aromatic rings. The molecule has 1 unspecified atom stereocenters. The van der Waals surface area contributed by atoms with Crippen molar-refractivity contribution in [3.05, 3.63) is 53.6 Å². The molecule has 0 N–H and O–H groups in total. The van der Waals surface area contributed by atoms with Crippen LogP contribution < -0.4 is 0 Å². The molecule has 3 aliphatic carbocycles. The molecule has 3 aliphatic rings. The lowest BCUT2D eigenvalue weighted by Gasteiger charge is -2.40. The van der Waals surface area contributed by atoms with Crippen molar-refractivity contribution in [2.24, 2.45) is 29.6 Å². The van der Waals surface area contributed by atoms with Crippen molar-refractivity contribution < 1.29 is 8.78 Å². The molecule has 0 bridgehead atoms. The maximum Gasteiger partial charge on any atom is 0.166 e. The third kappa shape index (κ3) is 5.37. The summed E-state index contributed by atoms with van der Waals surface area (Å²) in [5.41, 5.74) is 2.05. The highest BCUT2D eigenvalue weighted by atomic mass is 19.2. The molecule has 0 heterocycles. The van der Waals surface area contributed by atoms with E-state index in [1.807, 2.05) is 6.07 Å². The van der Waals surface area contributed by atoms with Gasteiger partial charge in [-0.15, -0.1) is 6.58 Å². The van der Waals surface area contributed by atoms with E-state index in [-0.39, 0.29) is 0 Å². The molecular weight excluding hydrogens is 398 g/mol. The topological polar surface area (TPSA) is 0 Å². The Bertz CT molecular complexity index is 791. The standard InChI is InChI=1S/C30H42F2/c1-3-5-6-27-19-20-28(30(32)29(27)31)26-17-15-25(16-18-26)24-13-11-23(12-14-24)22-9-7-21(4-2)8-10-22/h4,17,19-25H,2-3,5-16,18H2,1H3. The van der Waals surface area contributed by atoms with Gasteiger partial charge in [0.05, 0.1) is 0 Å². The van der Waals surface area contributed by atoms with Crippen molar-refractivity contribution in [1.82, 2.24) is 0 Å². The van der Waals surface area contributed by atoms with Crippen molar-refractivity contribution in [3.63, 3.8) is 0 Å². The lowest BCUT2D eigenvalue weighted by Crippen LogP contribution is -2.28. The number of hydrogen-bond donors (Lipinski definition) is 0. The van der Waals surface area contributed by atoms with Gasteiger partial charge in [-0.3, -0.25) is 0 Å². The third-order valence-electron chi connectivity index (χ3n) is 9.06. The van der Waals surface area contributed by atoms with Crippen LogP contribution in [-0.2, 0) is 6.42 Å². The Morgan fingerprint density at radius 1 is 0.844 bits per heavy atom. The molecule has 1 atom stereocenters. The summed E-state index contributed by atoms with van der Waals surface area (Å²) in [6.07, 6.45) is 21.0. The molecule has 4 rings (SSSR count). The van der Waals surface area contributed by atoms with Gasteiger partial charge in [0.2, 0.25) is 0 Å². The summed E-state index contributed by atoms with van der Waals surface area (Å²) in [7, 11) is 0. The van der Waals surface area contributed by atoms with Crippen LogP contribution in [0.25, 0.3) is 5.57 Å². The largest absolute Gasteiger partial charge is 0.203 e. The molecule has 2 heteroatoms. The molecule has 2 saturated carbocycles. The van der Waals surface area contributed by atoms with Gasteiger partial charge in [0.25, 0.3) is 0 Å². The van der Waals surface area contributed by atoms with Crippen LogP contribution in [0.5, 0.6) is 0 Å². The molecule has 0 amide bonds. The van der Waals surface area contributed by atoms with E-state index < -0.39 is 11.6 Å². The van der Waals surface area contributed by atoms with Crippen LogP contribution in [0.2, 0.25) is 0 Å². The SMILES string of the molecule is C=CC1CCC(C2CCC(C3CC=C(c4ccc(CCCC)c(F)c4F)CC3)CC2)CC1. The Labute approximate surface area is 194 Å². The maximum atomic E-state index is 14.8. The average Bonchev–Trinajstić information content (AvgIpc) is 2.85. The van der Waals surface area contributed by atoms with Crippen LogP contribution in [0, 0.1) is 41.2 Å². The first kappa shape index (κ1) is 23.7. The number of benzene rings is 1. The summed E-state index contributed by atoms with van der Waals surface area (Å²) in [5.74, 6) is 2.95. The second-order valence-electron chi connectivity index (χ2n) is 10.9. The van der Waals surface area contributed by atoms with Crippen molar-refractivity contribution in [1.29, 1.82) is 0 Å². The minimum atomic E-state index is -0.630. The minimum absolute atomic E-state index is 0.500. The minimum Gasteiger partial charge on any atom is -0.203 e. The van der Waals surface area contributed by atoms with Gasteiger partial charge in [-0.05, 0) is 124 Å². The predicted octanol–water partition coefficient (Wildman–Crippen LogP) is 9.29. The predicted molar refractivity (Wildman–Crippen MR) is 131 cm³/mol. The highest BCUT2D eigenvalue weighted by molar-refractivity contribution is 5.67. The molecule has 0 spiro atoms. The Kier molecular flexibility index (Phi) is 8.24. The number of hydrogen-bond acceptors (Lipinski definition) is 0. The van der Waals surface area contributed by atoms with Crippen LogP contribution in [0.3, 0.4) is 0 Å². The number of halogens is 2. The third-order valence-corrected chi connectivity index (χ3v) is 9.06. The molecule has 0 aromatic heterocycles. The molecule has 0 aliphatic heterocycles. The van der Waals surface area contributed by atoms with Gasteiger partial charge in [-0.1, -0.05) is 37.6 Å². The van der Waals surface area contributed by atoms with Crippen LogP contribution in [0.15, 0.2) is 30.9 Å². The highest BCUT2D eigenvalue weighted by Gasteiger charge is 2.33. The highest BCUT2D eigenvalue weighted by Crippen LogP contribution is 2.46. The van der Waals surface area contributed by atoms with E-state index in [4.69, 9.17) is 0 Å². The number of aryl methyl sites for hydroxylation is 1. The normalized spacial score (nSPS) is 31.2. The van der Waals surface area contributed by atoms with Crippen LogP contribution in [0.4, 0.5) is 8.78 Å². The molecule has 32 heavy (non-hydrogen) atoms. The first-order valence-electron chi connectivity index (χ1n) is 13.4. The monoisotopic (exact) mass is 440 g/mol. The van der Waals surface area contributed by atoms with Crippen molar-refractivity contribution in [2.45, 2.75) is 96.8 Å². The van der Waals surface area contributed by atoms with Gasteiger partial charge in [-0.2, -0.15) is 0 Å². The van der Waals surface area contributed by atoms with E-state index in [0.717, 1.165) is 67.3 Å². The quantitative estimate of drug-likeness (QED) is 0.371. The number of allylic oxidation sites excluding steroid dienone is 3. The Morgan fingerprint density at radius 2 is 1.47 bits per heavy atom. The van der Waals surface area contributed by atoms with Crippen molar-refractivity contribution in [3.8, 4) is 0 Å². The van der Waals surface area contributed by atoms with E-state index >= 15 is 0 Å². The summed E-state index contributed by atoms with van der Waals surface area (Å²) in [4.78, 5) is 0. The molecule has 0 radical (unpaired) electrons. The van der Waals surface area contributed by atoms with Crippen LogP contribution in [-0.4, -0.2) is 0 Å². The molecule has 176 valence electrons. The van der Waals surface area contributed by atoms with Gasteiger partial charge in [0, 0.05) is 5.56 Å². The van der Waals surface area contributed by atoms with E-state index in [1.54, 1.807) is 6.07 Å². The molecular formula is C30H42F2. The summed E-state index contributed by atoms with van der Waals surface area (Å²) in [6.45, 7) is 6.06. The Balaban J connectivity index is 1.30. The first-order valence-corrected chi connectivity index (χ1v) is 13.4. The fourth-order valence-electron chi connectivity index (χ4n) is 6.86.